The van der Waals surface area contributed by atoms with Crippen molar-refractivity contribution in [3.63, 3.8) is 0 Å². The van der Waals surface area contributed by atoms with Gasteiger partial charge in [-0.15, -0.1) is 0 Å². The van der Waals surface area contributed by atoms with Gasteiger partial charge >= 0.3 is 0 Å². The number of amides is 2. The summed E-state index contributed by atoms with van der Waals surface area (Å²) in [6.45, 7) is 2.75. The Bertz CT molecular complexity index is 973. The largest absolute Gasteiger partial charge is 0.335 e. The summed E-state index contributed by atoms with van der Waals surface area (Å²) in [5, 5.41) is 10.1. The lowest BCUT2D eigenvalue weighted by atomic mass is 9.98. The highest BCUT2D eigenvalue weighted by atomic mass is 19.1. The van der Waals surface area contributed by atoms with Crippen LogP contribution in [0.25, 0.3) is 11.0 Å². The van der Waals surface area contributed by atoms with Crippen LogP contribution in [0.1, 0.15) is 37.2 Å². The van der Waals surface area contributed by atoms with Crippen LogP contribution in [0.2, 0.25) is 0 Å². The first-order valence-electron chi connectivity index (χ1n) is 9.70. The highest BCUT2D eigenvalue weighted by molar-refractivity contribution is 5.99. The number of fused-ring (bicyclic) bond motifs is 1. The fourth-order valence-corrected chi connectivity index (χ4v) is 3.78. The summed E-state index contributed by atoms with van der Waals surface area (Å²) < 4.78 is 14.6. The van der Waals surface area contributed by atoms with E-state index in [0.717, 1.165) is 11.7 Å². The number of carbonyl (C=O) groups is 3. The molecule has 0 saturated carbocycles. The maximum Gasteiger partial charge on any atom is 0.270 e. The van der Waals surface area contributed by atoms with Crippen molar-refractivity contribution < 1.29 is 18.8 Å². The molecule has 30 heavy (non-hydrogen) atoms. The first-order chi connectivity index (χ1) is 14.1. The van der Waals surface area contributed by atoms with Gasteiger partial charge < -0.3 is 19.6 Å². The average molecular weight is 413 g/mol. The minimum Gasteiger partial charge on any atom is -0.335 e. The van der Waals surface area contributed by atoms with Crippen molar-refractivity contribution in [2.24, 2.45) is 5.92 Å². The van der Waals surface area contributed by atoms with Crippen LogP contribution in [-0.2, 0) is 9.59 Å². The molecule has 8 nitrogen and oxygen atoms in total. The number of halogens is 1. The van der Waals surface area contributed by atoms with E-state index in [2.05, 4.69) is 9.97 Å². The zero-order chi connectivity index (χ0) is 22.1. The number of nitrogens with one attached hydrogen (secondary N) is 1. The van der Waals surface area contributed by atoms with Gasteiger partial charge in [0.15, 0.2) is 0 Å². The van der Waals surface area contributed by atoms with E-state index in [4.69, 9.17) is 0 Å². The molecule has 0 spiro atoms. The molecule has 9 heteroatoms. The van der Waals surface area contributed by atoms with Crippen LogP contribution in [0.4, 0.5) is 4.39 Å². The number of hydrogen-bond donors (Lipinski definition) is 1. The molecule has 0 radical (unpaired) electrons. The van der Waals surface area contributed by atoms with Crippen molar-refractivity contribution in [3.05, 3.63) is 30.1 Å². The highest BCUT2D eigenvalue weighted by Gasteiger charge is 2.42. The summed E-state index contributed by atoms with van der Waals surface area (Å²) >= 11 is 0. The fourth-order valence-electron chi connectivity index (χ4n) is 3.78. The Balaban J connectivity index is 1.90. The van der Waals surface area contributed by atoms with E-state index >= 15 is 0 Å². The monoisotopic (exact) mass is 413 g/mol. The van der Waals surface area contributed by atoms with Crippen molar-refractivity contribution in [1.82, 2.24) is 19.8 Å². The number of likely N-dealkylation sites (tertiary alicyclic amines) is 1. The Morgan fingerprint density at radius 3 is 2.87 bits per heavy atom. The number of carbonyl (C=O) groups excluding carboxylic acids is 3. The fraction of sp³-hybridized carbons (Fsp3) is 0.476. The van der Waals surface area contributed by atoms with Crippen LogP contribution in [0.3, 0.4) is 0 Å². The number of hydrogen-bond acceptors (Lipinski definition) is 5. The van der Waals surface area contributed by atoms with Gasteiger partial charge in [-0.2, -0.15) is 5.26 Å². The number of aromatic nitrogens is 2. The summed E-state index contributed by atoms with van der Waals surface area (Å²) in [7, 11) is 1.43. The zero-order valence-electron chi connectivity index (χ0n) is 17.1. The van der Waals surface area contributed by atoms with Crippen molar-refractivity contribution in [2.75, 3.05) is 13.6 Å². The number of pyridine rings is 1. The van der Waals surface area contributed by atoms with Gasteiger partial charge in [-0.05, 0) is 38.5 Å². The average Bonchev–Trinajstić information content (AvgIpc) is 3.33. The number of alkyl halides is 1. The van der Waals surface area contributed by atoms with E-state index in [1.165, 1.54) is 30.7 Å². The molecule has 2 amide bonds. The molecule has 3 unspecified atom stereocenters. The van der Waals surface area contributed by atoms with E-state index in [1.54, 1.807) is 24.4 Å². The van der Waals surface area contributed by atoms with Crippen LogP contribution < -0.4 is 0 Å². The molecular weight excluding hydrogens is 389 g/mol. The van der Waals surface area contributed by atoms with Gasteiger partial charge in [0.05, 0.1) is 6.07 Å². The van der Waals surface area contributed by atoms with Gasteiger partial charge in [0.1, 0.15) is 35.4 Å². The van der Waals surface area contributed by atoms with Crippen LogP contribution in [-0.4, -0.2) is 69.2 Å². The van der Waals surface area contributed by atoms with Gasteiger partial charge in [-0.1, -0.05) is 0 Å². The number of likely N-dealkylation sites (N-methyl/N-ethyl adjacent to an activating group) is 1. The molecule has 1 N–H and O–H groups in total. The van der Waals surface area contributed by atoms with Crippen LogP contribution in [0.5, 0.6) is 0 Å². The Morgan fingerprint density at radius 1 is 1.53 bits per heavy atom. The molecule has 3 rings (SSSR count). The quantitative estimate of drug-likeness (QED) is 0.729. The van der Waals surface area contributed by atoms with Crippen LogP contribution in [0.15, 0.2) is 24.4 Å². The molecule has 1 aliphatic rings. The van der Waals surface area contributed by atoms with Gasteiger partial charge in [-0.25, -0.2) is 9.37 Å². The third kappa shape index (κ3) is 4.32. The Hall–Kier alpha value is -3.28. The van der Waals surface area contributed by atoms with E-state index in [-0.39, 0.29) is 25.1 Å². The second kappa shape index (κ2) is 8.22. The Labute approximate surface area is 173 Å². The first-order valence-corrected chi connectivity index (χ1v) is 9.70. The highest BCUT2D eigenvalue weighted by Crippen LogP contribution is 2.27. The Kier molecular flexibility index (Phi) is 5.87. The number of aromatic amines is 1. The predicted molar refractivity (Wildman–Crippen MR) is 107 cm³/mol. The minimum atomic E-state index is -1.73. The van der Waals surface area contributed by atoms with Crippen LogP contribution in [0, 0.1) is 17.2 Å². The second-order valence-electron chi connectivity index (χ2n) is 8.25. The molecular formula is C21H24FN5O3. The van der Waals surface area contributed by atoms with Crippen LogP contribution >= 0.6 is 0 Å². The van der Waals surface area contributed by atoms with E-state index in [9.17, 15) is 24.0 Å². The van der Waals surface area contributed by atoms with Crippen molar-refractivity contribution in [3.8, 4) is 6.07 Å². The number of H-pyrrole nitrogens is 1. The van der Waals surface area contributed by atoms with Gasteiger partial charge in [0.2, 0.25) is 5.91 Å². The summed E-state index contributed by atoms with van der Waals surface area (Å²) in [6.07, 6.45) is 2.31. The van der Waals surface area contributed by atoms with Crippen molar-refractivity contribution in [2.45, 2.75) is 44.4 Å². The normalized spacial score (nSPS) is 20.0. The van der Waals surface area contributed by atoms with E-state index in [1.807, 2.05) is 6.07 Å². The molecule has 3 heterocycles. The van der Waals surface area contributed by atoms with Gasteiger partial charge in [0, 0.05) is 37.5 Å². The standard InChI is InChI=1S/C21H24FN5O3/c1-21(2,22)9-17(20(30)27-11-13(12-28)7-15(27)10-23)26(3)19(29)16-8-14-5-4-6-24-18(14)25-16/h4-6,8,12-13,15,17H,7,9,11H2,1-3H3,(H,24,25). The molecule has 2 aromatic rings. The Morgan fingerprint density at radius 2 is 2.27 bits per heavy atom. The maximum absolute atomic E-state index is 14.6. The van der Waals surface area contributed by atoms with Crippen molar-refractivity contribution >= 4 is 29.1 Å². The van der Waals surface area contributed by atoms with Gasteiger partial charge in [-0.3, -0.25) is 9.59 Å². The SMILES string of the molecule is CN(C(=O)c1cc2cccnc2[nH]1)C(CC(C)(C)F)C(=O)N1CC(C=O)CC1C#N. The third-order valence-corrected chi connectivity index (χ3v) is 5.33. The number of nitriles is 1. The second-order valence-corrected chi connectivity index (χ2v) is 8.25. The molecule has 1 saturated heterocycles. The smallest absolute Gasteiger partial charge is 0.270 e. The molecule has 0 aliphatic carbocycles. The molecule has 1 fully saturated rings. The lowest BCUT2D eigenvalue weighted by molar-refractivity contribution is -0.137. The van der Waals surface area contributed by atoms with E-state index in [0.29, 0.717) is 5.65 Å². The summed E-state index contributed by atoms with van der Waals surface area (Å²) in [4.78, 5) is 47.1. The first kappa shape index (κ1) is 21.4. The predicted octanol–water partition coefficient (Wildman–Crippen LogP) is 2.08. The number of nitrogens with zero attached hydrogens (tertiary/aromatic N) is 4. The lowest BCUT2D eigenvalue weighted by Crippen LogP contribution is -2.52. The topological polar surface area (TPSA) is 110 Å². The molecule has 158 valence electrons. The molecule has 0 aromatic carbocycles. The third-order valence-electron chi connectivity index (χ3n) is 5.33. The summed E-state index contributed by atoms with van der Waals surface area (Å²) in [5.74, 6) is -1.48. The maximum atomic E-state index is 14.6. The number of aldehydes is 1. The van der Waals surface area contributed by atoms with Crippen molar-refractivity contribution in [1.29, 1.82) is 5.26 Å². The zero-order valence-corrected chi connectivity index (χ0v) is 17.1. The molecule has 1 aliphatic heterocycles. The summed E-state index contributed by atoms with van der Waals surface area (Å²) in [6, 6.07) is 5.28. The van der Waals surface area contributed by atoms with E-state index < -0.39 is 35.5 Å². The molecule has 2 aromatic heterocycles. The minimum absolute atomic E-state index is 0.0854. The van der Waals surface area contributed by atoms with Gasteiger partial charge in [0.25, 0.3) is 5.91 Å². The summed E-state index contributed by atoms with van der Waals surface area (Å²) in [5.41, 5.74) is -0.978. The number of rotatable bonds is 6. The molecule has 3 atom stereocenters. The lowest BCUT2D eigenvalue weighted by Gasteiger charge is -2.34. The molecule has 0 bridgehead atoms.